The lowest BCUT2D eigenvalue weighted by Crippen LogP contribution is -2.21. The summed E-state index contributed by atoms with van der Waals surface area (Å²) >= 11 is 4.78. The number of carbonyl (C=O) groups is 1. The van der Waals surface area contributed by atoms with E-state index in [1.807, 2.05) is 29.6 Å². The summed E-state index contributed by atoms with van der Waals surface area (Å²) in [6.07, 6.45) is 0. The third kappa shape index (κ3) is 3.81. The van der Waals surface area contributed by atoms with E-state index in [0.29, 0.717) is 11.4 Å². The minimum atomic E-state index is -0.0714. The second-order valence-corrected chi connectivity index (χ2v) is 5.46. The van der Waals surface area contributed by atoms with Gasteiger partial charge in [-0.05, 0) is 11.1 Å². The van der Waals surface area contributed by atoms with Crippen molar-refractivity contribution in [3.05, 3.63) is 51.7 Å². The van der Waals surface area contributed by atoms with E-state index in [0.717, 1.165) is 16.6 Å². The van der Waals surface area contributed by atoms with Gasteiger partial charge in [-0.25, -0.2) is 0 Å². The number of amides is 1. The van der Waals surface area contributed by atoms with Crippen LogP contribution in [-0.2, 0) is 11.9 Å². The van der Waals surface area contributed by atoms with Crippen LogP contribution < -0.4 is 10.1 Å². The molecule has 19 heavy (non-hydrogen) atoms. The van der Waals surface area contributed by atoms with Gasteiger partial charge < -0.3 is 10.1 Å². The van der Waals surface area contributed by atoms with Crippen LogP contribution in [0.4, 0.5) is 0 Å². The Morgan fingerprint density at radius 3 is 2.58 bits per heavy atom. The Bertz CT molecular complexity index is 551. The Kier molecular flexibility index (Phi) is 4.99. The number of hydrogen-bond donors (Lipinski definition) is 1. The van der Waals surface area contributed by atoms with Crippen LogP contribution in [0.15, 0.2) is 35.7 Å². The summed E-state index contributed by atoms with van der Waals surface area (Å²) in [6.45, 7) is 0.529. The molecular formula is C14H14BrNO2S. The molecule has 0 aliphatic heterocycles. The summed E-state index contributed by atoms with van der Waals surface area (Å²) in [5, 5.41) is 5.56. The van der Waals surface area contributed by atoms with E-state index in [-0.39, 0.29) is 5.91 Å². The van der Waals surface area contributed by atoms with Crippen LogP contribution in [-0.4, -0.2) is 13.0 Å². The second-order valence-electron chi connectivity index (χ2n) is 3.98. The van der Waals surface area contributed by atoms with Crippen LogP contribution in [0, 0.1) is 0 Å². The van der Waals surface area contributed by atoms with E-state index < -0.39 is 0 Å². The number of carbonyl (C=O) groups excluding carboxylic acids is 1. The highest BCUT2D eigenvalue weighted by Gasteiger charge is 2.08. The maximum Gasteiger partial charge on any atom is 0.261 e. The molecule has 1 amide bonds. The molecule has 2 rings (SSSR count). The first-order valence-corrected chi connectivity index (χ1v) is 7.77. The van der Waals surface area contributed by atoms with Crippen LogP contribution in [0.1, 0.15) is 20.8 Å². The van der Waals surface area contributed by atoms with Gasteiger partial charge in [0.05, 0.1) is 12.0 Å². The number of hydrogen-bond acceptors (Lipinski definition) is 3. The number of thiophene rings is 1. The highest BCUT2D eigenvalue weighted by atomic mass is 79.9. The molecule has 0 atom stereocenters. The zero-order valence-corrected chi connectivity index (χ0v) is 12.9. The third-order valence-electron chi connectivity index (χ3n) is 2.67. The molecule has 0 radical (unpaired) electrons. The maximum atomic E-state index is 11.9. The quantitative estimate of drug-likeness (QED) is 0.845. The number of nitrogens with one attached hydrogen (secondary N) is 1. The van der Waals surface area contributed by atoms with Crippen molar-refractivity contribution in [1.82, 2.24) is 5.32 Å². The average Bonchev–Trinajstić information content (AvgIpc) is 2.94. The molecule has 0 spiro atoms. The van der Waals surface area contributed by atoms with Gasteiger partial charge in [-0.15, -0.1) is 11.3 Å². The van der Waals surface area contributed by atoms with Gasteiger partial charge in [0.25, 0.3) is 5.91 Å². The smallest absolute Gasteiger partial charge is 0.261 e. The van der Waals surface area contributed by atoms with E-state index in [1.165, 1.54) is 16.9 Å². The summed E-state index contributed by atoms with van der Waals surface area (Å²) in [4.78, 5) is 12.6. The van der Waals surface area contributed by atoms with Gasteiger partial charge in [-0.1, -0.05) is 40.2 Å². The number of halogens is 1. The van der Waals surface area contributed by atoms with Crippen LogP contribution in [0.25, 0.3) is 0 Å². The first-order chi connectivity index (χ1) is 9.22. The zero-order chi connectivity index (χ0) is 13.7. The van der Waals surface area contributed by atoms with E-state index in [1.54, 1.807) is 13.2 Å². The van der Waals surface area contributed by atoms with Crippen molar-refractivity contribution in [3.63, 3.8) is 0 Å². The molecule has 0 saturated carbocycles. The third-order valence-corrected chi connectivity index (χ3v) is 4.22. The average molecular weight is 340 g/mol. The first kappa shape index (κ1) is 14.1. The van der Waals surface area contributed by atoms with Crippen molar-refractivity contribution >= 4 is 33.2 Å². The Morgan fingerprint density at radius 1 is 1.32 bits per heavy atom. The van der Waals surface area contributed by atoms with Crippen molar-refractivity contribution in [2.45, 2.75) is 11.9 Å². The zero-order valence-electron chi connectivity index (χ0n) is 10.5. The van der Waals surface area contributed by atoms with Gasteiger partial charge in [0.1, 0.15) is 5.75 Å². The molecule has 0 bridgehead atoms. The molecule has 2 aromatic rings. The highest BCUT2D eigenvalue weighted by Crippen LogP contribution is 2.20. The molecule has 0 saturated heterocycles. The molecule has 0 aliphatic rings. The SMILES string of the molecule is COc1csc(C(=O)NCc2ccc(CBr)cc2)c1. The Hall–Kier alpha value is -1.33. The summed E-state index contributed by atoms with van der Waals surface area (Å²) in [5.74, 6) is 0.648. The molecule has 3 nitrogen and oxygen atoms in total. The van der Waals surface area contributed by atoms with E-state index in [9.17, 15) is 4.79 Å². The second kappa shape index (κ2) is 6.73. The molecule has 1 aromatic heterocycles. The Balaban J connectivity index is 1.92. The largest absolute Gasteiger partial charge is 0.496 e. The predicted molar refractivity (Wildman–Crippen MR) is 81.1 cm³/mol. The standard InChI is InChI=1S/C14H14BrNO2S/c1-18-12-6-13(19-9-12)14(17)16-8-11-4-2-10(7-15)3-5-11/h2-6,9H,7-8H2,1H3,(H,16,17). The van der Waals surface area contributed by atoms with Crippen molar-refractivity contribution in [2.75, 3.05) is 7.11 Å². The lowest BCUT2D eigenvalue weighted by atomic mass is 10.1. The highest BCUT2D eigenvalue weighted by molar-refractivity contribution is 9.08. The molecule has 100 valence electrons. The molecule has 1 heterocycles. The van der Waals surface area contributed by atoms with Crippen molar-refractivity contribution in [1.29, 1.82) is 0 Å². The van der Waals surface area contributed by atoms with Gasteiger partial charge >= 0.3 is 0 Å². The number of methoxy groups -OCH3 is 1. The molecular weight excluding hydrogens is 326 g/mol. The summed E-state index contributed by atoms with van der Waals surface area (Å²) in [7, 11) is 1.59. The van der Waals surface area contributed by atoms with Crippen molar-refractivity contribution < 1.29 is 9.53 Å². The Morgan fingerprint density at radius 2 is 2.00 bits per heavy atom. The fourth-order valence-corrected chi connectivity index (χ4v) is 2.71. The lowest BCUT2D eigenvalue weighted by Gasteiger charge is -2.04. The van der Waals surface area contributed by atoms with Gasteiger partial charge in [0, 0.05) is 23.3 Å². The number of ether oxygens (including phenoxy) is 1. The van der Waals surface area contributed by atoms with E-state index in [2.05, 4.69) is 21.2 Å². The van der Waals surface area contributed by atoms with Crippen LogP contribution in [0.2, 0.25) is 0 Å². The van der Waals surface area contributed by atoms with Gasteiger partial charge in [0.2, 0.25) is 0 Å². The van der Waals surface area contributed by atoms with Crippen molar-refractivity contribution in [2.24, 2.45) is 0 Å². The predicted octanol–water partition coefficient (Wildman–Crippen LogP) is 3.58. The van der Waals surface area contributed by atoms with E-state index in [4.69, 9.17) is 4.74 Å². The lowest BCUT2D eigenvalue weighted by molar-refractivity contribution is 0.0955. The van der Waals surface area contributed by atoms with E-state index >= 15 is 0 Å². The summed E-state index contributed by atoms with van der Waals surface area (Å²) < 4.78 is 5.06. The number of alkyl halides is 1. The maximum absolute atomic E-state index is 11.9. The Labute approximate surface area is 124 Å². The van der Waals surface area contributed by atoms with Crippen LogP contribution in [0.5, 0.6) is 5.75 Å². The normalized spacial score (nSPS) is 10.2. The van der Waals surface area contributed by atoms with Crippen LogP contribution >= 0.6 is 27.3 Å². The topological polar surface area (TPSA) is 38.3 Å². The minimum absolute atomic E-state index is 0.0714. The number of rotatable bonds is 5. The van der Waals surface area contributed by atoms with Gasteiger partial charge in [0.15, 0.2) is 0 Å². The number of benzene rings is 1. The van der Waals surface area contributed by atoms with Crippen LogP contribution in [0.3, 0.4) is 0 Å². The fraction of sp³-hybridized carbons (Fsp3) is 0.214. The molecule has 5 heteroatoms. The van der Waals surface area contributed by atoms with Gasteiger partial charge in [-0.2, -0.15) is 0 Å². The molecule has 0 aliphatic carbocycles. The first-order valence-electron chi connectivity index (χ1n) is 5.77. The van der Waals surface area contributed by atoms with Gasteiger partial charge in [-0.3, -0.25) is 4.79 Å². The molecule has 1 N–H and O–H groups in total. The summed E-state index contributed by atoms with van der Waals surface area (Å²) in [5.41, 5.74) is 2.31. The monoisotopic (exact) mass is 339 g/mol. The molecule has 1 aromatic carbocycles. The molecule has 0 fully saturated rings. The fourth-order valence-electron chi connectivity index (χ4n) is 1.56. The molecule has 0 unspecified atom stereocenters. The summed E-state index contributed by atoms with van der Waals surface area (Å²) in [6, 6.07) is 9.88. The minimum Gasteiger partial charge on any atom is -0.496 e. The van der Waals surface area contributed by atoms with Crippen molar-refractivity contribution in [3.8, 4) is 5.75 Å².